The fraction of sp³-hybridized carbons (Fsp3) is 0.842. The van der Waals surface area contributed by atoms with Crippen LogP contribution in [0, 0.1) is 29.6 Å². The summed E-state index contributed by atoms with van der Waals surface area (Å²) in [4.78, 5) is 12.8. The number of sulfonamides is 1. The van der Waals surface area contributed by atoms with Crippen LogP contribution in [0.4, 0.5) is 0 Å². The fourth-order valence-electron chi connectivity index (χ4n) is 6.01. The summed E-state index contributed by atoms with van der Waals surface area (Å²) in [7, 11) is -3.35. The Morgan fingerprint density at radius 2 is 1.64 bits per heavy atom. The highest BCUT2D eigenvalue weighted by Crippen LogP contribution is 2.53. The van der Waals surface area contributed by atoms with E-state index in [-0.39, 0.29) is 11.8 Å². The van der Waals surface area contributed by atoms with E-state index in [2.05, 4.69) is 11.9 Å². The first-order valence-corrected chi connectivity index (χ1v) is 11.4. The van der Waals surface area contributed by atoms with Crippen LogP contribution < -0.4 is 5.32 Å². The molecule has 25 heavy (non-hydrogen) atoms. The van der Waals surface area contributed by atoms with Gasteiger partial charge in [0.1, 0.15) is 0 Å². The number of carbonyl (C=O) groups is 1. The van der Waals surface area contributed by atoms with Crippen molar-refractivity contribution in [2.75, 3.05) is 13.1 Å². The topological polar surface area (TPSA) is 66.5 Å². The number of fused-ring (bicyclic) bond motifs is 2. The largest absolute Gasteiger partial charge is 0.353 e. The smallest absolute Gasteiger partial charge is 0.235 e. The molecule has 5 atom stereocenters. The van der Waals surface area contributed by atoms with Crippen molar-refractivity contribution in [1.82, 2.24) is 9.62 Å². The van der Waals surface area contributed by atoms with Gasteiger partial charge in [0, 0.05) is 30.5 Å². The molecule has 1 heterocycles. The van der Waals surface area contributed by atoms with E-state index in [1.807, 2.05) is 0 Å². The van der Waals surface area contributed by atoms with Crippen molar-refractivity contribution < 1.29 is 13.2 Å². The molecule has 6 heteroatoms. The molecule has 4 rings (SSSR count). The lowest BCUT2D eigenvalue weighted by Gasteiger charge is -2.35. The molecule has 140 valence electrons. The van der Waals surface area contributed by atoms with Gasteiger partial charge < -0.3 is 5.32 Å². The predicted molar refractivity (Wildman–Crippen MR) is 97.0 cm³/mol. The Balaban J connectivity index is 1.33. The molecule has 3 saturated carbocycles. The third-order valence-corrected chi connectivity index (χ3v) is 8.83. The van der Waals surface area contributed by atoms with E-state index in [4.69, 9.17) is 0 Å². The molecule has 2 unspecified atom stereocenters. The van der Waals surface area contributed by atoms with Gasteiger partial charge in [-0.3, -0.25) is 4.79 Å². The molecule has 1 aliphatic heterocycles. The van der Waals surface area contributed by atoms with Crippen LogP contribution in [0.1, 0.15) is 51.4 Å². The van der Waals surface area contributed by atoms with E-state index in [1.165, 1.54) is 36.4 Å². The Bertz CT molecular complexity index is 639. The molecular formula is C19H30N2O3S. The predicted octanol–water partition coefficient (Wildman–Crippen LogP) is 2.50. The first-order chi connectivity index (χ1) is 12.0. The van der Waals surface area contributed by atoms with Gasteiger partial charge in [-0.1, -0.05) is 6.58 Å². The standard InChI is InChI=1S/C19H30N2O3S/c1-2-25(23,24)21-7-5-14(6-8-21)19(22)20-18-4-3-15-9-13-10-16(15)12-17(18)11-13/h2,13-18H,1,3-12H2,(H,20,22)/t13-,15-,16+,17?,18?/m1/s1. The van der Waals surface area contributed by atoms with Crippen molar-refractivity contribution >= 4 is 15.9 Å². The van der Waals surface area contributed by atoms with E-state index in [0.717, 1.165) is 29.6 Å². The van der Waals surface area contributed by atoms with E-state index in [0.29, 0.717) is 37.9 Å². The lowest BCUT2D eigenvalue weighted by atomic mass is 9.77. The summed E-state index contributed by atoms with van der Waals surface area (Å²) in [6.45, 7) is 4.22. The zero-order chi connectivity index (χ0) is 17.6. The average molecular weight is 367 g/mol. The summed E-state index contributed by atoms with van der Waals surface area (Å²) in [5.41, 5.74) is 0. The molecule has 3 bridgehead atoms. The monoisotopic (exact) mass is 366 g/mol. The maximum absolute atomic E-state index is 12.8. The normalized spacial score (nSPS) is 39.1. The van der Waals surface area contributed by atoms with Crippen LogP contribution in [0.5, 0.6) is 0 Å². The first kappa shape index (κ1) is 17.5. The van der Waals surface area contributed by atoms with Crippen LogP contribution in [0.2, 0.25) is 0 Å². The minimum absolute atomic E-state index is 0.0477. The molecule has 4 fully saturated rings. The summed E-state index contributed by atoms with van der Waals surface area (Å²) in [6.07, 6.45) is 9.10. The highest BCUT2D eigenvalue weighted by Gasteiger charge is 2.46. The maximum Gasteiger partial charge on any atom is 0.235 e. The summed E-state index contributed by atoms with van der Waals surface area (Å²) in [5, 5.41) is 4.37. The second kappa shape index (κ2) is 6.69. The van der Waals surface area contributed by atoms with Gasteiger partial charge in [-0.2, -0.15) is 4.31 Å². The van der Waals surface area contributed by atoms with Gasteiger partial charge in [0.15, 0.2) is 0 Å². The maximum atomic E-state index is 12.8. The molecule has 0 radical (unpaired) electrons. The van der Waals surface area contributed by atoms with Crippen LogP contribution in [0.3, 0.4) is 0 Å². The van der Waals surface area contributed by atoms with Crippen molar-refractivity contribution in [3.8, 4) is 0 Å². The number of nitrogens with zero attached hydrogens (tertiary/aromatic N) is 1. The molecule has 0 aromatic heterocycles. The molecule has 5 nitrogen and oxygen atoms in total. The number of hydrogen-bond acceptors (Lipinski definition) is 3. The second-order valence-electron chi connectivity index (χ2n) is 8.67. The van der Waals surface area contributed by atoms with Crippen molar-refractivity contribution in [3.63, 3.8) is 0 Å². The highest BCUT2D eigenvalue weighted by atomic mass is 32.2. The molecule has 1 amide bonds. The SMILES string of the molecule is C=CS(=O)(=O)N1CCC(C(=O)NC2CC[C@@H]3C[C@H]4CC2C[C@@H]3C4)CC1. The van der Waals surface area contributed by atoms with E-state index in [9.17, 15) is 13.2 Å². The molecule has 0 spiro atoms. The molecule has 1 saturated heterocycles. The first-order valence-electron chi connectivity index (χ1n) is 9.89. The quantitative estimate of drug-likeness (QED) is 0.831. The van der Waals surface area contributed by atoms with Gasteiger partial charge in [0.25, 0.3) is 0 Å². The molecule has 1 N–H and O–H groups in total. The number of nitrogens with one attached hydrogen (secondary N) is 1. The third-order valence-electron chi connectivity index (χ3n) is 7.32. The van der Waals surface area contributed by atoms with Gasteiger partial charge >= 0.3 is 0 Å². The molecule has 3 aliphatic carbocycles. The minimum atomic E-state index is -3.35. The summed E-state index contributed by atoms with van der Waals surface area (Å²) in [6, 6.07) is 0.345. The zero-order valence-corrected chi connectivity index (χ0v) is 15.7. The summed E-state index contributed by atoms with van der Waals surface area (Å²) in [5.74, 6) is 3.50. The Hall–Kier alpha value is -0.880. The van der Waals surface area contributed by atoms with Gasteiger partial charge in [-0.15, -0.1) is 0 Å². The Kier molecular flexibility index (Phi) is 4.69. The third kappa shape index (κ3) is 3.39. The summed E-state index contributed by atoms with van der Waals surface area (Å²) < 4.78 is 25.1. The number of piperidine rings is 1. The van der Waals surface area contributed by atoms with Gasteiger partial charge in [-0.25, -0.2) is 8.42 Å². The minimum Gasteiger partial charge on any atom is -0.353 e. The molecule has 0 aromatic rings. The lowest BCUT2D eigenvalue weighted by molar-refractivity contribution is -0.127. The van der Waals surface area contributed by atoms with Crippen LogP contribution in [0.25, 0.3) is 0 Å². The summed E-state index contributed by atoms with van der Waals surface area (Å²) >= 11 is 0. The zero-order valence-electron chi connectivity index (χ0n) is 14.9. The van der Waals surface area contributed by atoms with Crippen LogP contribution in [0.15, 0.2) is 12.0 Å². The number of hydrogen-bond donors (Lipinski definition) is 1. The van der Waals surface area contributed by atoms with Gasteiger partial charge in [0.2, 0.25) is 15.9 Å². The molecule has 4 aliphatic rings. The molecule has 0 aromatic carbocycles. The van der Waals surface area contributed by atoms with Crippen LogP contribution in [-0.4, -0.2) is 37.8 Å². The van der Waals surface area contributed by atoms with E-state index in [1.54, 1.807) is 0 Å². The van der Waals surface area contributed by atoms with Crippen LogP contribution in [-0.2, 0) is 14.8 Å². The van der Waals surface area contributed by atoms with Gasteiger partial charge in [0.05, 0.1) is 0 Å². The second-order valence-corrected chi connectivity index (χ2v) is 10.5. The Labute approximate surface area is 151 Å². The van der Waals surface area contributed by atoms with E-state index >= 15 is 0 Å². The van der Waals surface area contributed by atoms with Crippen molar-refractivity contribution in [2.24, 2.45) is 29.6 Å². The van der Waals surface area contributed by atoms with E-state index < -0.39 is 10.0 Å². The van der Waals surface area contributed by atoms with Crippen molar-refractivity contribution in [2.45, 2.75) is 57.4 Å². The molecular weight excluding hydrogens is 336 g/mol. The Morgan fingerprint density at radius 1 is 0.960 bits per heavy atom. The van der Waals surface area contributed by atoms with Crippen molar-refractivity contribution in [1.29, 1.82) is 0 Å². The number of carbonyl (C=O) groups excluding carboxylic acids is 1. The Morgan fingerprint density at radius 3 is 2.36 bits per heavy atom. The lowest BCUT2D eigenvalue weighted by Crippen LogP contribution is -2.47. The van der Waals surface area contributed by atoms with Crippen molar-refractivity contribution in [3.05, 3.63) is 12.0 Å². The average Bonchev–Trinajstić information content (AvgIpc) is 2.85. The fourth-order valence-corrected chi connectivity index (χ4v) is 6.94. The highest BCUT2D eigenvalue weighted by molar-refractivity contribution is 7.92. The van der Waals surface area contributed by atoms with Gasteiger partial charge in [-0.05, 0) is 75.0 Å². The number of amides is 1. The number of rotatable bonds is 4. The van der Waals surface area contributed by atoms with Crippen LogP contribution >= 0.6 is 0 Å².